The van der Waals surface area contributed by atoms with Gasteiger partial charge in [-0.1, -0.05) is 32.6 Å². The highest BCUT2D eigenvalue weighted by molar-refractivity contribution is 5.97. The van der Waals surface area contributed by atoms with Crippen LogP contribution in [0.4, 0.5) is 0 Å². The maximum atomic E-state index is 11.7. The van der Waals surface area contributed by atoms with Crippen LogP contribution in [0.15, 0.2) is 0 Å². The quantitative estimate of drug-likeness (QED) is 0.535. The van der Waals surface area contributed by atoms with Crippen molar-refractivity contribution in [1.82, 2.24) is 0 Å². The molecule has 0 N–H and O–H groups in total. The van der Waals surface area contributed by atoms with Gasteiger partial charge in [-0.15, -0.1) is 0 Å². The van der Waals surface area contributed by atoms with Gasteiger partial charge in [0.1, 0.15) is 0 Å². The van der Waals surface area contributed by atoms with Gasteiger partial charge < -0.3 is 4.74 Å². The first-order valence-electron chi connectivity index (χ1n) is 6.41. The summed E-state index contributed by atoms with van der Waals surface area (Å²) in [7, 11) is 0. The molecule has 2 aliphatic rings. The van der Waals surface area contributed by atoms with Gasteiger partial charge in [0.15, 0.2) is 0 Å². The van der Waals surface area contributed by atoms with Crippen LogP contribution in [0.2, 0.25) is 0 Å². The molecule has 1 saturated carbocycles. The number of hydrogen-bond acceptors (Lipinski definition) is 3. The first-order valence-corrected chi connectivity index (χ1v) is 6.41. The van der Waals surface area contributed by atoms with Gasteiger partial charge in [0.25, 0.3) is 0 Å². The Morgan fingerprint density at radius 3 is 2.75 bits per heavy atom. The predicted molar refractivity (Wildman–Crippen MR) is 59.6 cm³/mol. The summed E-state index contributed by atoms with van der Waals surface area (Å²) < 4.78 is 4.73. The molecule has 0 aromatic carbocycles. The van der Waals surface area contributed by atoms with E-state index in [4.69, 9.17) is 4.74 Å². The fourth-order valence-electron chi connectivity index (χ4n) is 3.15. The third-order valence-electron chi connectivity index (χ3n) is 4.12. The van der Waals surface area contributed by atoms with Gasteiger partial charge in [0.2, 0.25) is 0 Å². The van der Waals surface area contributed by atoms with Crippen LogP contribution >= 0.6 is 0 Å². The Kier molecular flexibility index (Phi) is 3.31. The summed E-state index contributed by atoms with van der Waals surface area (Å²) in [5.41, 5.74) is -0.445. The van der Waals surface area contributed by atoms with Crippen LogP contribution in [0.3, 0.4) is 0 Å². The Hall–Kier alpha value is -0.860. The average molecular weight is 224 g/mol. The third kappa shape index (κ3) is 2.13. The molecule has 3 heteroatoms. The van der Waals surface area contributed by atoms with Crippen LogP contribution < -0.4 is 0 Å². The second kappa shape index (κ2) is 4.56. The number of ether oxygens (including phenoxy) is 1. The monoisotopic (exact) mass is 224 g/mol. The van der Waals surface area contributed by atoms with Gasteiger partial charge in [-0.25, -0.2) is 0 Å². The van der Waals surface area contributed by atoms with Crippen LogP contribution in [0.5, 0.6) is 0 Å². The first-order chi connectivity index (χ1) is 7.66. The van der Waals surface area contributed by atoms with Crippen molar-refractivity contribution in [2.75, 3.05) is 0 Å². The van der Waals surface area contributed by atoms with Crippen LogP contribution in [0.25, 0.3) is 0 Å². The topological polar surface area (TPSA) is 43.4 Å². The molecular weight excluding hydrogens is 204 g/mol. The first kappa shape index (κ1) is 11.6. The van der Waals surface area contributed by atoms with Crippen molar-refractivity contribution in [2.24, 2.45) is 11.3 Å². The predicted octanol–water partition coefficient (Wildman–Crippen LogP) is 2.83. The van der Waals surface area contributed by atoms with Crippen LogP contribution in [-0.4, -0.2) is 11.9 Å². The Bertz CT molecular complexity index is 298. The second-order valence-electron chi connectivity index (χ2n) is 5.30. The highest BCUT2D eigenvalue weighted by Crippen LogP contribution is 2.45. The highest BCUT2D eigenvalue weighted by atomic mass is 16.6. The van der Waals surface area contributed by atoms with Crippen molar-refractivity contribution >= 4 is 11.9 Å². The second-order valence-corrected chi connectivity index (χ2v) is 5.30. The zero-order chi connectivity index (χ0) is 11.6. The summed E-state index contributed by atoms with van der Waals surface area (Å²) in [6, 6.07) is 0. The molecule has 1 saturated heterocycles. The lowest BCUT2D eigenvalue weighted by Gasteiger charge is -2.21. The van der Waals surface area contributed by atoms with Crippen LogP contribution in [-0.2, 0) is 14.3 Å². The van der Waals surface area contributed by atoms with Crippen molar-refractivity contribution in [2.45, 2.75) is 58.3 Å². The fourth-order valence-corrected chi connectivity index (χ4v) is 3.15. The van der Waals surface area contributed by atoms with E-state index in [0.29, 0.717) is 6.42 Å². The summed E-state index contributed by atoms with van der Waals surface area (Å²) >= 11 is 0. The minimum absolute atomic E-state index is 0.255. The SMILES string of the molecule is CCCC1CCCC2(CC1)CC(=O)OC2=O. The molecule has 0 radical (unpaired) electrons. The molecule has 0 aromatic heterocycles. The van der Waals surface area contributed by atoms with E-state index in [1.165, 1.54) is 19.3 Å². The molecule has 2 unspecified atom stereocenters. The van der Waals surface area contributed by atoms with E-state index in [2.05, 4.69) is 6.92 Å². The number of hydrogen-bond donors (Lipinski definition) is 0. The van der Waals surface area contributed by atoms with Crippen LogP contribution in [0, 0.1) is 11.3 Å². The maximum Gasteiger partial charge on any atom is 0.320 e. The lowest BCUT2D eigenvalue weighted by atomic mass is 9.79. The summed E-state index contributed by atoms with van der Waals surface area (Å²) in [6.07, 6.45) is 7.82. The van der Waals surface area contributed by atoms with E-state index >= 15 is 0 Å². The van der Waals surface area contributed by atoms with E-state index in [1.54, 1.807) is 0 Å². The Labute approximate surface area is 96.5 Å². The lowest BCUT2D eigenvalue weighted by molar-refractivity contribution is -0.155. The molecule has 0 aromatic rings. The van der Waals surface area contributed by atoms with Gasteiger partial charge in [0, 0.05) is 0 Å². The number of cyclic esters (lactones) is 2. The lowest BCUT2D eigenvalue weighted by Crippen LogP contribution is -2.25. The van der Waals surface area contributed by atoms with Crippen molar-refractivity contribution in [3.05, 3.63) is 0 Å². The minimum Gasteiger partial charge on any atom is -0.393 e. The molecule has 1 aliphatic heterocycles. The summed E-state index contributed by atoms with van der Waals surface area (Å²) in [4.78, 5) is 22.9. The molecule has 0 bridgehead atoms. The molecule has 2 atom stereocenters. The van der Waals surface area contributed by atoms with Crippen molar-refractivity contribution < 1.29 is 14.3 Å². The Balaban J connectivity index is 2.02. The molecule has 16 heavy (non-hydrogen) atoms. The maximum absolute atomic E-state index is 11.7. The van der Waals surface area contributed by atoms with Gasteiger partial charge >= 0.3 is 11.9 Å². The molecule has 1 spiro atoms. The normalized spacial score (nSPS) is 35.2. The van der Waals surface area contributed by atoms with E-state index < -0.39 is 5.41 Å². The number of carbonyl (C=O) groups is 2. The summed E-state index contributed by atoms with van der Waals surface area (Å²) in [6.45, 7) is 2.20. The summed E-state index contributed by atoms with van der Waals surface area (Å²) in [5, 5.41) is 0. The van der Waals surface area contributed by atoms with Crippen LogP contribution in [0.1, 0.15) is 58.3 Å². The Morgan fingerprint density at radius 1 is 1.31 bits per heavy atom. The van der Waals surface area contributed by atoms with Gasteiger partial charge in [-0.3, -0.25) is 9.59 Å². The Morgan fingerprint density at radius 2 is 2.12 bits per heavy atom. The number of esters is 2. The largest absolute Gasteiger partial charge is 0.393 e. The highest BCUT2D eigenvalue weighted by Gasteiger charge is 2.49. The molecular formula is C13H20O3. The van der Waals surface area contributed by atoms with Gasteiger partial charge in [-0.2, -0.15) is 0 Å². The summed E-state index contributed by atoms with van der Waals surface area (Å²) in [5.74, 6) is 0.168. The molecule has 1 aliphatic carbocycles. The average Bonchev–Trinajstić information content (AvgIpc) is 2.41. The van der Waals surface area contributed by atoms with Gasteiger partial charge in [-0.05, 0) is 25.2 Å². The standard InChI is InChI=1S/C13H20O3/c1-2-4-10-5-3-7-13(8-6-10)9-11(14)16-12(13)15/h10H,2-9H2,1H3. The smallest absolute Gasteiger partial charge is 0.320 e. The molecule has 2 fully saturated rings. The molecule has 0 amide bonds. The zero-order valence-corrected chi connectivity index (χ0v) is 9.96. The molecule has 1 heterocycles. The third-order valence-corrected chi connectivity index (χ3v) is 4.12. The molecule has 3 nitrogen and oxygen atoms in total. The van der Waals surface area contributed by atoms with Gasteiger partial charge in [0.05, 0.1) is 11.8 Å². The van der Waals surface area contributed by atoms with E-state index in [9.17, 15) is 9.59 Å². The molecule has 90 valence electrons. The van der Waals surface area contributed by atoms with E-state index in [1.807, 2.05) is 0 Å². The molecule has 2 rings (SSSR count). The minimum atomic E-state index is -0.445. The fraction of sp³-hybridized carbons (Fsp3) is 0.846. The van der Waals surface area contributed by atoms with Crippen molar-refractivity contribution in [3.8, 4) is 0 Å². The number of rotatable bonds is 2. The van der Waals surface area contributed by atoms with E-state index in [-0.39, 0.29) is 11.9 Å². The van der Waals surface area contributed by atoms with Crippen molar-refractivity contribution in [1.29, 1.82) is 0 Å². The van der Waals surface area contributed by atoms with E-state index in [0.717, 1.165) is 31.6 Å². The number of carbonyl (C=O) groups excluding carboxylic acids is 2. The zero-order valence-electron chi connectivity index (χ0n) is 9.96. The van der Waals surface area contributed by atoms with Crippen molar-refractivity contribution in [3.63, 3.8) is 0 Å².